The Morgan fingerprint density at radius 3 is 1.87 bits per heavy atom. The molecular formula is C67H106N2O14P+. The molecule has 3 aliphatic rings. The Kier molecular flexibility index (Phi) is 24.9. The van der Waals surface area contributed by atoms with Crippen LogP contribution < -0.4 is 20.7 Å². The van der Waals surface area contributed by atoms with Gasteiger partial charge in [0.05, 0.1) is 79.0 Å². The van der Waals surface area contributed by atoms with E-state index in [1.54, 1.807) is 53.6 Å². The molecule has 3 aliphatic heterocycles. The molecule has 3 aromatic rings. The topological polar surface area (TPSA) is 206 Å². The van der Waals surface area contributed by atoms with Gasteiger partial charge in [-0.15, -0.1) is 0 Å². The SMILES string of the molecule is CC[C@H]1OC(=O)[C@H](C)[C@@H](O[C@H]2C[C@@](C)(OC)[C@@H](O)[C@H](C)O2)[C@H](C)[C@@H](O[C@@H]2O[C@H](C)C[C@H](N(C)C)[C@H]2O)[C@](C)(O)C[C@@H](C)CN(C(=O)CCCCCCC[P+](c2ccc(C)cc2)(c2ccc(C)cc2)c2ccc(OC)cc2)[C@H](C)[C@@H](O)[C@]1(C)CO. The number of carbonyl (C=O) groups excluding carboxylic acids is 2. The molecule has 0 spiro atoms. The molecule has 1 amide bonds. The summed E-state index contributed by atoms with van der Waals surface area (Å²) in [5.74, 6) is -2.38. The van der Waals surface area contributed by atoms with Crippen molar-refractivity contribution >= 4 is 35.1 Å². The summed E-state index contributed by atoms with van der Waals surface area (Å²) in [6, 6.07) is 25.4. The van der Waals surface area contributed by atoms with E-state index in [1.165, 1.54) is 34.2 Å². The van der Waals surface area contributed by atoms with Crippen LogP contribution in [0.4, 0.5) is 0 Å². The molecule has 18 atom stereocenters. The Labute approximate surface area is 503 Å². The zero-order chi connectivity index (χ0) is 62.1. The summed E-state index contributed by atoms with van der Waals surface area (Å²) >= 11 is 0. The Morgan fingerprint density at radius 1 is 0.774 bits per heavy atom. The molecule has 0 radical (unpaired) electrons. The molecular weight excluding hydrogens is 1090 g/mol. The zero-order valence-corrected chi connectivity index (χ0v) is 54.4. The van der Waals surface area contributed by atoms with E-state index >= 15 is 0 Å². The third kappa shape index (κ3) is 16.0. The minimum Gasteiger partial charge on any atom is -0.497 e. The highest BCUT2D eigenvalue weighted by molar-refractivity contribution is 7.95. The number of carbonyl (C=O) groups is 2. The van der Waals surface area contributed by atoms with E-state index in [-0.39, 0.29) is 50.3 Å². The van der Waals surface area contributed by atoms with Gasteiger partial charge < -0.3 is 68.5 Å². The molecule has 0 bridgehead atoms. The Bertz CT molecular complexity index is 2470. The van der Waals surface area contributed by atoms with Crippen LogP contribution in [0.5, 0.6) is 5.75 Å². The maximum absolute atomic E-state index is 14.9. The fourth-order valence-corrected chi connectivity index (χ4v) is 18.1. The fraction of sp³-hybridized carbons (Fsp3) is 0.701. The number of unbranched alkanes of at least 4 members (excludes halogenated alkanes) is 4. The standard InChI is InChI=1S/C67H106N2O14P/c1-17-55-65(10,41-70)60(73)48(8)69(56(71)23-21-19-18-20-22-36-84(51-30-24-42(2)25-31-51,52-32-26-43(3)27-33-52)53-34-28-50(77-15)29-35-53)40-44(4)38-66(11,76)62(83-64-58(72)54(68(13)14)37-45(5)79-64)46(6)59(47(7)63(75)81-55)82-57-39-67(12,78-16)61(74)49(9)80-57/h24-35,44-49,54-55,57-62,64,70,72-74,76H,17-23,36-41H2,1-16H3/q+1/t44-,45-,46+,47-,48-,49+,54+,55-,57+,58-,59+,60-,61+,62-,64+,65-,66-,67-/m1/s1. The Hall–Kier alpha value is -3.61. The van der Waals surface area contributed by atoms with Crippen LogP contribution >= 0.6 is 7.26 Å². The number of methoxy groups -OCH3 is 2. The largest absolute Gasteiger partial charge is 0.497 e. The van der Waals surface area contributed by atoms with Gasteiger partial charge in [0.15, 0.2) is 12.6 Å². The van der Waals surface area contributed by atoms with Crippen LogP contribution in [0.2, 0.25) is 0 Å². The molecule has 3 aromatic carbocycles. The van der Waals surface area contributed by atoms with Crippen LogP contribution in [0.1, 0.15) is 145 Å². The monoisotopic (exact) mass is 1190 g/mol. The number of aliphatic hydroxyl groups excluding tert-OH is 4. The number of esters is 1. The van der Waals surface area contributed by atoms with E-state index in [0.717, 1.165) is 37.6 Å². The minimum absolute atomic E-state index is 0.0707. The van der Waals surface area contributed by atoms with Crippen LogP contribution in [0.25, 0.3) is 0 Å². The number of ether oxygens (including phenoxy) is 7. The molecule has 16 nitrogen and oxygen atoms in total. The van der Waals surface area contributed by atoms with Crippen LogP contribution in [0, 0.1) is 37.0 Å². The van der Waals surface area contributed by atoms with Gasteiger partial charge in [0.25, 0.3) is 0 Å². The second-order valence-electron chi connectivity index (χ2n) is 26.1. The van der Waals surface area contributed by atoms with E-state index in [4.69, 9.17) is 33.2 Å². The lowest BCUT2D eigenvalue weighted by atomic mass is 9.75. The maximum Gasteiger partial charge on any atom is 0.311 e. The number of hydrogen-bond acceptors (Lipinski definition) is 15. The van der Waals surface area contributed by atoms with E-state index in [1.807, 2.05) is 46.7 Å². The normalized spacial score (nSPS) is 35.0. The van der Waals surface area contributed by atoms with Gasteiger partial charge in [0.2, 0.25) is 5.91 Å². The summed E-state index contributed by atoms with van der Waals surface area (Å²) < 4.78 is 44.3. The molecule has 0 saturated carbocycles. The first kappa shape index (κ1) is 69.5. The summed E-state index contributed by atoms with van der Waals surface area (Å²) in [6.07, 6.45) is -3.60. The third-order valence-corrected chi connectivity index (χ3v) is 23.6. The van der Waals surface area contributed by atoms with Crippen molar-refractivity contribution in [3.63, 3.8) is 0 Å². The highest BCUT2D eigenvalue weighted by atomic mass is 31.2. The van der Waals surface area contributed by atoms with Crippen molar-refractivity contribution in [1.29, 1.82) is 0 Å². The van der Waals surface area contributed by atoms with Crippen LogP contribution in [0.3, 0.4) is 0 Å². The van der Waals surface area contributed by atoms with Gasteiger partial charge in [0, 0.05) is 38.5 Å². The average molecular weight is 1190 g/mol. The second-order valence-corrected chi connectivity index (χ2v) is 29.7. The lowest BCUT2D eigenvalue weighted by Crippen LogP contribution is -2.60. The first-order valence-electron chi connectivity index (χ1n) is 31.0. The summed E-state index contributed by atoms with van der Waals surface area (Å²) in [5, 5.41) is 64.1. The van der Waals surface area contributed by atoms with Crippen molar-refractivity contribution in [2.75, 3.05) is 47.6 Å². The summed E-state index contributed by atoms with van der Waals surface area (Å²) in [6.45, 7) is 21.6. The molecule has 3 heterocycles. The van der Waals surface area contributed by atoms with Gasteiger partial charge in [-0.1, -0.05) is 75.9 Å². The Balaban J connectivity index is 1.28. The number of likely N-dealkylation sites (N-methyl/N-ethyl adjacent to an activating group) is 1. The Morgan fingerprint density at radius 2 is 1.33 bits per heavy atom. The van der Waals surface area contributed by atoms with Crippen molar-refractivity contribution < 1.29 is 68.3 Å². The van der Waals surface area contributed by atoms with E-state index in [2.05, 4.69) is 86.6 Å². The fourth-order valence-electron chi connectivity index (χ4n) is 13.7. The second kappa shape index (κ2) is 30.1. The molecule has 84 heavy (non-hydrogen) atoms. The predicted molar refractivity (Wildman–Crippen MR) is 332 cm³/mol. The first-order valence-corrected chi connectivity index (χ1v) is 33.0. The lowest BCUT2D eigenvalue weighted by Gasteiger charge is -2.48. The van der Waals surface area contributed by atoms with Crippen molar-refractivity contribution in [1.82, 2.24) is 9.80 Å². The number of nitrogens with zero attached hydrogens (tertiary/aromatic N) is 2. The van der Waals surface area contributed by atoms with Crippen molar-refractivity contribution in [3.8, 4) is 5.75 Å². The number of benzene rings is 3. The van der Waals surface area contributed by atoms with Gasteiger partial charge in [-0.2, -0.15) is 0 Å². The zero-order valence-electron chi connectivity index (χ0n) is 53.5. The molecule has 6 rings (SSSR count). The number of rotatable bonds is 20. The van der Waals surface area contributed by atoms with E-state index in [9.17, 15) is 35.1 Å². The summed E-state index contributed by atoms with van der Waals surface area (Å²) in [7, 11) is 4.87. The minimum atomic E-state index is -2.10. The van der Waals surface area contributed by atoms with Crippen LogP contribution in [-0.4, -0.2) is 180 Å². The van der Waals surface area contributed by atoms with Gasteiger partial charge in [-0.25, -0.2) is 0 Å². The maximum atomic E-state index is 14.9. The van der Waals surface area contributed by atoms with Gasteiger partial charge in [-0.05, 0) is 162 Å². The van der Waals surface area contributed by atoms with Crippen molar-refractivity contribution in [2.24, 2.45) is 23.2 Å². The summed E-state index contributed by atoms with van der Waals surface area (Å²) in [5.41, 5.74) is -1.81. The number of cyclic esters (lactones) is 1. The van der Waals surface area contributed by atoms with E-state index in [0.29, 0.717) is 12.8 Å². The third-order valence-electron chi connectivity index (χ3n) is 19.1. The molecule has 0 aromatic heterocycles. The molecule has 472 valence electrons. The van der Waals surface area contributed by atoms with Crippen molar-refractivity contribution in [2.45, 2.75) is 232 Å². The molecule has 3 saturated heterocycles. The van der Waals surface area contributed by atoms with Gasteiger partial charge >= 0.3 is 5.97 Å². The van der Waals surface area contributed by atoms with E-state index < -0.39 is 116 Å². The number of aliphatic hydroxyl groups is 5. The lowest BCUT2D eigenvalue weighted by molar-refractivity contribution is -0.318. The molecule has 3 fully saturated rings. The van der Waals surface area contributed by atoms with Gasteiger partial charge in [0.1, 0.15) is 47.2 Å². The van der Waals surface area contributed by atoms with Crippen LogP contribution in [-0.2, 0) is 38.0 Å². The van der Waals surface area contributed by atoms with Crippen LogP contribution in [0.15, 0.2) is 72.8 Å². The highest BCUT2D eigenvalue weighted by Crippen LogP contribution is 2.56. The molecule has 0 aliphatic carbocycles. The molecule has 17 heteroatoms. The van der Waals surface area contributed by atoms with Gasteiger partial charge in [-0.3, -0.25) is 9.59 Å². The first-order chi connectivity index (χ1) is 39.6. The molecule has 0 unspecified atom stereocenters. The quantitative estimate of drug-likeness (QED) is 0.0413. The predicted octanol–water partition coefficient (Wildman–Crippen LogP) is 8.01. The highest BCUT2D eigenvalue weighted by Gasteiger charge is 2.54. The summed E-state index contributed by atoms with van der Waals surface area (Å²) in [4.78, 5) is 33.4. The molecule has 5 N–H and O–H groups in total. The smallest absolute Gasteiger partial charge is 0.311 e. The van der Waals surface area contributed by atoms with Crippen molar-refractivity contribution in [3.05, 3.63) is 83.9 Å². The number of hydrogen-bond donors (Lipinski definition) is 5. The number of aryl methyl sites for hydroxylation is 2. The average Bonchev–Trinajstić information content (AvgIpc) is 1.48. The number of amides is 1.